The molecule has 0 fully saturated rings. The maximum Gasteiger partial charge on any atom is 0.306 e. The van der Waals surface area contributed by atoms with E-state index in [1.165, 1.54) is 167 Å². The molecule has 0 aliphatic rings. The number of allylic oxidation sites excluding steroid dienone is 2. The predicted octanol–water partition coefficient (Wildman–Crippen LogP) is 12.2. The molecule has 1 unspecified atom stereocenters. The Morgan fingerprint density at radius 1 is 0.535 bits per heavy atom. The molecule has 0 heterocycles. The zero-order valence-electron chi connectivity index (χ0n) is 29.2. The van der Waals surface area contributed by atoms with E-state index in [0.29, 0.717) is 19.6 Å². The molecule has 1 atom stereocenters. The van der Waals surface area contributed by atoms with Crippen molar-refractivity contribution in [1.82, 2.24) is 0 Å². The third-order valence-electron chi connectivity index (χ3n) is 8.59. The zero-order chi connectivity index (χ0) is 31.3. The molecule has 256 valence electrons. The Kier molecular flexibility index (Phi) is 36.6. The van der Waals surface area contributed by atoms with E-state index in [2.05, 4.69) is 26.0 Å². The normalized spacial score (nSPS) is 12.3. The van der Waals surface area contributed by atoms with Gasteiger partial charge in [-0.2, -0.15) is 0 Å². The minimum absolute atomic E-state index is 0.167. The summed E-state index contributed by atoms with van der Waals surface area (Å²) in [5.41, 5.74) is 0. The minimum atomic E-state index is -0.527. The number of rotatable bonds is 36. The summed E-state index contributed by atoms with van der Waals surface area (Å²) in [6, 6.07) is 0. The molecule has 1 N–H and O–H groups in total. The Balaban J connectivity index is 3.40. The Hall–Kier alpha value is -0.870. The van der Waals surface area contributed by atoms with Crippen molar-refractivity contribution in [2.75, 3.05) is 19.8 Å². The number of unbranched alkanes of at least 4 members (excludes halogenated alkanes) is 26. The molecule has 0 bridgehead atoms. The Morgan fingerprint density at radius 2 is 0.907 bits per heavy atom. The largest absolute Gasteiger partial charge is 0.457 e. The SMILES string of the molecule is CCCCCCCC/C=C\CCCCCCCCCCCC(=O)OC(CO)COCCCCCCCCCCCCCC. The van der Waals surface area contributed by atoms with E-state index < -0.39 is 6.10 Å². The van der Waals surface area contributed by atoms with E-state index in [0.717, 1.165) is 19.3 Å². The van der Waals surface area contributed by atoms with E-state index >= 15 is 0 Å². The number of aliphatic hydroxyl groups is 1. The standard InChI is InChI=1S/C39H76O4/c1-3-5-7-9-11-13-15-17-18-19-20-21-22-23-24-26-28-30-32-34-39(41)43-38(36-40)37-42-35-33-31-29-27-25-16-14-12-10-8-6-4-2/h17-18,38,40H,3-16,19-37H2,1-2H3/b18-17-. The molecule has 0 aromatic heterocycles. The molecule has 4 heteroatoms. The highest BCUT2D eigenvalue weighted by atomic mass is 16.6. The number of ether oxygens (including phenoxy) is 2. The molecule has 4 nitrogen and oxygen atoms in total. The van der Waals surface area contributed by atoms with Gasteiger partial charge in [-0.1, -0.05) is 174 Å². The zero-order valence-corrected chi connectivity index (χ0v) is 29.2. The van der Waals surface area contributed by atoms with Gasteiger partial charge in [0.1, 0.15) is 6.10 Å². The third-order valence-corrected chi connectivity index (χ3v) is 8.59. The molecule has 0 saturated heterocycles. The van der Waals surface area contributed by atoms with Gasteiger partial charge in [-0.05, 0) is 38.5 Å². The smallest absolute Gasteiger partial charge is 0.306 e. The lowest BCUT2D eigenvalue weighted by Crippen LogP contribution is -2.27. The molecule has 0 aliphatic carbocycles. The highest BCUT2D eigenvalue weighted by Crippen LogP contribution is 2.14. The lowest BCUT2D eigenvalue weighted by molar-refractivity contribution is -0.154. The molecule has 0 radical (unpaired) electrons. The Bertz CT molecular complexity index is 561. The van der Waals surface area contributed by atoms with Gasteiger partial charge >= 0.3 is 5.97 Å². The van der Waals surface area contributed by atoms with Crippen molar-refractivity contribution < 1.29 is 19.4 Å². The second-order valence-electron chi connectivity index (χ2n) is 13.0. The topological polar surface area (TPSA) is 55.8 Å². The molecular formula is C39H76O4. The van der Waals surface area contributed by atoms with Crippen LogP contribution in [0, 0.1) is 0 Å². The maximum absolute atomic E-state index is 12.1. The van der Waals surface area contributed by atoms with Gasteiger partial charge in [0.2, 0.25) is 0 Å². The molecule has 0 amide bonds. The van der Waals surface area contributed by atoms with E-state index in [9.17, 15) is 9.90 Å². The molecular weight excluding hydrogens is 532 g/mol. The van der Waals surface area contributed by atoms with Crippen LogP contribution in [0.5, 0.6) is 0 Å². The first kappa shape index (κ1) is 42.1. The third kappa shape index (κ3) is 35.5. The average Bonchev–Trinajstić information content (AvgIpc) is 3.01. The van der Waals surface area contributed by atoms with Gasteiger partial charge in [-0.3, -0.25) is 4.79 Å². The summed E-state index contributed by atoms with van der Waals surface area (Å²) < 4.78 is 11.1. The molecule has 0 aromatic rings. The summed E-state index contributed by atoms with van der Waals surface area (Å²) >= 11 is 0. The summed E-state index contributed by atoms with van der Waals surface area (Å²) in [4.78, 5) is 12.1. The second kappa shape index (κ2) is 37.3. The van der Waals surface area contributed by atoms with Crippen molar-refractivity contribution >= 4 is 5.97 Å². The van der Waals surface area contributed by atoms with Crippen LogP contribution in [0.2, 0.25) is 0 Å². The number of esters is 1. The van der Waals surface area contributed by atoms with Crippen LogP contribution >= 0.6 is 0 Å². The van der Waals surface area contributed by atoms with E-state index in [1.807, 2.05) is 0 Å². The number of hydrogen-bond acceptors (Lipinski definition) is 4. The lowest BCUT2D eigenvalue weighted by Gasteiger charge is -2.16. The van der Waals surface area contributed by atoms with Crippen LogP contribution in [0.15, 0.2) is 12.2 Å². The average molecular weight is 609 g/mol. The van der Waals surface area contributed by atoms with Crippen LogP contribution in [0.1, 0.15) is 206 Å². The Morgan fingerprint density at radius 3 is 1.33 bits per heavy atom. The fraction of sp³-hybridized carbons (Fsp3) is 0.923. The minimum Gasteiger partial charge on any atom is -0.457 e. The highest BCUT2D eigenvalue weighted by molar-refractivity contribution is 5.69. The van der Waals surface area contributed by atoms with Crippen molar-refractivity contribution in [3.63, 3.8) is 0 Å². The van der Waals surface area contributed by atoms with Crippen LogP contribution in [0.4, 0.5) is 0 Å². The van der Waals surface area contributed by atoms with Gasteiger partial charge in [0.15, 0.2) is 0 Å². The molecule has 43 heavy (non-hydrogen) atoms. The predicted molar refractivity (Wildman–Crippen MR) is 187 cm³/mol. The van der Waals surface area contributed by atoms with Crippen molar-refractivity contribution in [2.45, 2.75) is 213 Å². The monoisotopic (exact) mass is 609 g/mol. The summed E-state index contributed by atoms with van der Waals surface area (Å²) in [6.07, 6.45) is 42.5. The second-order valence-corrected chi connectivity index (χ2v) is 13.0. The Labute approximate surface area is 269 Å². The van der Waals surface area contributed by atoms with Crippen LogP contribution in [0.3, 0.4) is 0 Å². The van der Waals surface area contributed by atoms with Gasteiger partial charge in [0.05, 0.1) is 13.2 Å². The van der Waals surface area contributed by atoms with Crippen molar-refractivity contribution in [3.05, 3.63) is 12.2 Å². The van der Waals surface area contributed by atoms with E-state index in [4.69, 9.17) is 9.47 Å². The van der Waals surface area contributed by atoms with E-state index in [-0.39, 0.29) is 12.6 Å². The fourth-order valence-corrected chi connectivity index (χ4v) is 5.68. The van der Waals surface area contributed by atoms with Gasteiger partial charge in [-0.15, -0.1) is 0 Å². The van der Waals surface area contributed by atoms with Gasteiger partial charge in [-0.25, -0.2) is 0 Å². The van der Waals surface area contributed by atoms with Gasteiger partial charge in [0.25, 0.3) is 0 Å². The molecule has 0 spiro atoms. The first-order chi connectivity index (χ1) is 21.2. The molecule has 0 saturated carbocycles. The first-order valence-electron chi connectivity index (χ1n) is 19.3. The summed E-state index contributed by atoms with van der Waals surface area (Å²) in [6.45, 7) is 5.37. The number of carbonyl (C=O) groups excluding carboxylic acids is 1. The molecule has 0 aromatic carbocycles. The van der Waals surface area contributed by atoms with Crippen molar-refractivity contribution in [3.8, 4) is 0 Å². The van der Waals surface area contributed by atoms with Crippen molar-refractivity contribution in [1.29, 1.82) is 0 Å². The van der Waals surface area contributed by atoms with Crippen LogP contribution in [-0.2, 0) is 14.3 Å². The maximum atomic E-state index is 12.1. The van der Waals surface area contributed by atoms with Gasteiger partial charge < -0.3 is 14.6 Å². The van der Waals surface area contributed by atoms with Crippen LogP contribution < -0.4 is 0 Å². The van der Waals surface area contributed by atoms with Crippen LogP contribution in [-0.4, -0.2) is 37.0 Å². The fourth-order valence-electron chi connectivity index (χ4n) is 5.68. The number of hydrogen-bond donors (Lipinski definition) is 1. The quantitative estimate of drug-likeness (QED) is 0.0437. The summed E-state index contributed by atoms with van der Waals surface area (Å²) in [5, 5.41) is 9.55. The van der Waals surface area contributed by atoms with E-state index in [1.54, 1.807) is 0 Å². The van der Waals surface area contributed by atoms with Crippen LogP contribution in [0.25, 0.3) is 0 Å². The first-order valence-corrected chi connectivity index (χ1v) is 19.3. The highest BCUT2D eigenvalue weighted by Gasteiger charge is 2.13. The number of carbonyl (C=O) groups is 1. The van der Waals surface area contributed by atoms with Gasteiger partial charge in [0, 0.05) is 13.0 Å². The summed E-state index contributed by atoms with van der Waals surface area (Å²) in [5.74, 6) is -0.200. The van der Waals surface area contributed by atoms with Crippen molar-refractivity contribution in [2.24, 2.45) is 0 Å². The molecule has 0 aliphatic heterocycles. The summed E-state index contributed by atoms with van der Waals surface area (Å²) in [7, 11) is 0. The molecule has 0 rings (SSSR count). The number of aliphatic hydroxyl groups excluding tert-OH is 1. The lowest BCUT2D eigenvalue weighted by atomic mass is 10.1.